The van der Waals surface area contributed by atoms with Crippen molar-refractivity contribution in [2.75, 3.05) is 13.2 Å². The van der Waals surface area contributed by atoms with Gasteiger partial charge in [0, 0.05) is 35.8 Å². The van der Waals surface area contributed by atoms with Crippen LogP contribution in [0.2, 0.25) is 0 Å². The molecule has 0 aliphatic heterocycles. The molecule has 8 nitrogen and oxygen atoms in total. The van der Waals surface area contributed by atoms with E-state index in [1.54, 1.807) is 6.20 Å². The van der Waals surface area contributed by atoms with Gasteiger partial charge in [-0.25, -0.2) is 14.6 Å². The molecular weight excluding hydrogens is 324 g/mol. The van der Waals surface area contributed by atoms with Crippen molar-refractivity contribution in [2.24, 2.45) is 0 Å². The average Bonchev–Trinajstić information content (AvgIpc) is 2.94. The number of nitrogens with zero attached hydrogens (tertiary/aromatic N) is 1. The number of aliphatic hydroxyl groups excluding tert-OH is 1. The lowest BCUT2D eigenvalue weighted by Crippen LogP contribution is -2.42. The Morgan fingerprint density at radius 3 is 2.30 bits per heavy atom. The highest BCUT2D eigenvalue weighted by Crippen LogP contribution is 2.13. The molecule has 0 aliphatic carbocycles. The van der Waals surface area contributed by atoms with Crippen LogP contribution in [0.5, 0.6) is 5.19 Å². The fourth-order valence-corrected chi connectivity index (χ4v) is 1.57. The third-order valence-electron chi connectivity index (χ3n) is 2.05. The Morgan fingerprint density at radius 2 is 1.91 bits per heavy atom. The number of rotatable bonds is 7. The second kappa shape index (κ2) is 10.7. The molecule has 0 bridgehead atoms. The highest BCUT2D eigenvalue weighted by Gasteiger charge is 2.12. The fourth-order valence-electron chi connectivity index (χ4n) is 1.07. The van der Waals surface area contributed by atoms with Crippen LogP contribution in [0.4, 0.5) is 0 Å². The van der Waals surface area contributed by atoms with Crippen molar-refractivity contribution in [3.05, 3.63) is 23.7 Å². The summed E-state index contributed by atoms with van der Waals surface area (Å²) >= 11 is 1.42. The van der Waals surface area contributed by atoms with E-state index >= 15 is 0 Å². The minimum Gasteiger partial charge on any atom is -0.478 e. The quantitative estimate of drug-likeness (QED) is 0.538. The second-order valence-corrected chi connectivity index (χ2v) is 6.26. The maximum atomic E-state index is 9.60. The first-order valence-corrected chi connectivity index (χ1v) is 7.57. The zero-order chi connectivity index (χ0) is 17.9. The van der Waals surface area contributed by atoms with E-state index in [4.69, 9.17) is 14.9 Å². The summed E-state index contributed by atoms with van der Waals surface area (Å²) in [7, 11) is 0. The molecule has 1 aromatic rings. The molecule has 4 N–H and O–H groups in total. The third-order valence-corrected chi connectivity index (χ3v) is 2.73. The Bertz CT molecular complexity index is 480. The highest BCUT2D eigenvalue weighted by atomic mass is 32.1. The fraction of sp³-hybridized carbons (Fsp3) is 0.500. The first-order chi connectivity index (χ1) is 10.6. The van der Waals surface area contributed by atoms with E-state index in [0.717, 1.165) is 0 Å². The summed E-state index contributed by atoms with van der Waals surface area (Å²) in [5.41, 5.74) is 0.0160. The minimum atomic E-state index is -1.26. The predicted molar refractivity (Wildman–Crippen MR) is 85.8 cm³/mol. The minimum absolute atomic E-state index is 0.0160. The molecule has 0 amide bonds. The van der Waals surface area contributed by atoms with Crippen LogP contribution in [0, 0.1) is 0 Å². The van der Waals surface area contributed by atoms with Crippen LogP contribution >= 0.6 is 11.3 Å². The molecule has 0 aliphatic rings. The average molecular weight is 346 g/mol. The smallest absolute Gasteiger partial charge is 0.328 e. The van der Waals surface area contributed by atoms with Crippen LogP contribution in [0.1, 0.15) is 20.8 Å². The van der Waals surface area contributed by atoms with Gasteiger partial charge in [0.25, 0.3) is 5.19 Å². The summed E-state index contributed by atoms with van der Waals surface area (Å²) in [6.07, 6.45) is 2.29. The number of aliphatic hydroxyl groups is 1. The van der Waals surface area contributed by atoms with Gasteiger partial charge in [0.15, 0.2) is 0 Å². The molecule has 9 heteroatoms. The molecule has 1 unspecified atom stereocenters. The third kappa shape index (κ3) is 14.7. The summed E-state index contributed by atoms with van der Waals surface area (Å²) in [6, 6.07) is 0. The van der Waals surface area contributed by atoms with E-state index in [0.29, 0.717) is 23.9 Å². The molecule has 0 saturated heterocycles. The standard InChI is InChI=1S/C10H18N2O2S.C4H4O4/c1-10(2,3)12-6-8(13)7-14-9-11-4-5-15-9;5-3(6)1-2-4(7)8/h4-5,8,12-13H,6-7H2,1-3H3;1-2H,(H,5,6)(H,7,8)/b;2-1-. The Hall–Kier alpha value is -1.97. The Labute approximate surface area is 138 Å². The van der Waals surface area contributed by atoms with Gasteiger partial charge in [-0.3, -0.25) is 0 Å². The second-order valence-electron chi connectivity index (χ2n) is 5.40. The highest BCUT2D eigenvalue weighted by molar-refractivity contribution is 7.11. The van der Waals surface area contributed by atoms with Gasteiger partial charge in [0.1, 0.15) is 12.7 Å². The molecule has 0 saturated carbocycles. The van der Waals surface area contributed by atoms with Gasteiger partial charge < -0.3 is 25.4 Å². The number of carboxylic acid groups (broad SMARTS) is 2. The number of aliphatic carboxylic acids is 2. The Morgan fingerprint density at radius 1 is 1.35 bits per heavy atom. The van der Waals surface area contributed by atoms with Crippen molar-refractivity contribution < 1.29 is 29.6 Å². The van der Waals surface area contributed by atoms with Crippen molar-refractivity contribution in [1.29, 1.82) is 0 Å². The maximum Gasteiger partial charge on any atom is 0.328 e. The van der Waals surface area contributed by atoms with Crippen molar-refractivity contribution in [2.45, 2.75) is 32.4 Å². The molecule has 0 spiro atoms. The van der Waals surface area contributed by atoms with Crippen molar-refractivity contribution in [3.63, 3.8) is 0 Å². The zero-order valence-electron chi connectivity index (χ0n) is 13.2. The number of carboxylic acids is 2. The summed E-state index contributed by atoms with van der Waals surface area (Å²) in [4.78, 5) is 23.1. The molecule has 1 atom stereocenters. The van der Waals surface area contributed by atoms with Crippen LogP contribution in [-0.4, -0.2) is 57.0 Å². The van der Waals surface area contributed by atoms with Crippen molar-refractivity contribution in [3.8, 4) is 5.19 Å². The van der Waals surface area contributed by atoms with Gasteiger partial charge in [-0.2, -0.15) is 0 Å². The van der Waals surface area contributed by atoms with Gasteiger partial charge in [-0.15, -0.1) is 0 Å². The van der Waals surface area contributed by atoms with Gasteiger partial charge >= 0.3 is 11.9 Å². The lowest BCUT2D eigenvalue weighted by Gasteiger charge is -2.22. The zero-order valence-corrected chi connectivity index (χ0v) is 14.0. The Balaban J connectivity index is 0.000000515. The first-order valence-electron chi connectivity index (χ1n) is 6.69. The number of nitrogens with one attached hydrogen (secondary N) is 1. The van der Waals surface area contributed by atoms with Crippen LogP contribution in [-0.2, 0) is 9.59 Å². The topological polar surface area (TPSA) is 129 Å². The van der Waals surface area contributed by atoms with Crippen LogP contribution in [0.25, 0.3) is 0 Å². The maximum absolute atomic E-state index is 9.60. The molecule has 0 fully saturated rings. The molecule has 1 heterocycles. The summed E-state index contributed by atoms with van der Waals surface area (Å²) < 4.78 is 5.29. The summed E-state index contributed by atoms with van der Waals surface area (Å²) in [6.45, 7) is 6.97. The molecule has 0 aromatic carbocycles. The lowest BCUT2D eigenvalue weighted by molar-refractivity contribution is -0.134. The number of β-amino-alcohol motifs (C(OH)–C–C–N with tert-alkyl or cyclic N) is 1. The lowest BCUT2D eigenvalue weighted by atomic mass is 10.1. The van der Waals surface area contributed by atoms with Crippen molar-refractivity contribution in [1.82, 2.24) is 10.3 Å². The van der Waals surface area contributed by atoms with E-state index in [1.165, 1.54) is 11.3 Å². The van der Waals surface area contributed by atoms with E-state index in [-0.39, 0.29) is 12.1 Å². The molecule has 23 heavy (non-hydrogen) atoms. The summed E-state index contributed by atoms with van der Waals surface area (Å²) in [5.74, 6) is -2.51. The predicted octanol–water partition coefficient (Wildman–Crippen LogP) is 0.983. The number of hydrogen-bond acceptors (Lipinski definition) is 7. The molecular formula is C14H22N2O6S. The SMILES string of the molecule is CC(C)(C)NCC(O)COc1nccs1.O=C(O)/C=C\C(=O)O. The van der Waals surface area contributed by atoms with Crippen LogP contribution in [0.15, 0.2) is 23.7 Å². The normalized spacial score (nSPS) is 12.3. The monoisotopic (exact) mass is 346 g/mol. The van der Waals surface area contributed by atoms with E-state index < -0.39 is 18.0 Å². The van der Waals surface area contributed by atoms with Gasteiger partial charge in [-0.1, -0.05) is 11.3 Å². The number of hydrogen-bond donors (Lipinski definition) is 4. The molecule has 0 radical (unpaired) electrons. The van der Waals surface area contributed by atoms with Gasteiger partial charge in [0.2, 0.25) is 0 Å². The number of ether oxygens (including phenoxy) is 1. The Kier molecular flexibility index (Phi) is 9.79. The number of aromatic nitrogens is 1. The molecule has 130 valence electrons. The van der Waals surface area contributed by atoms with Gasteiger partial charge in [0.05, 0.1) is 0 Å². The first kappa shape index (κ1) is 21.0. The summed E-state index contributed by atoms with van der Waals surface area (Å²) in [5, 5.41) is 30.9. The number of thiazole rings is 1. The van der Waals surface area contributed by atoms with Crippen LogP contribution < -0.4 is 10.1 Å². The van der Waals surface area contributed by atoms with E-state index in [9.17, 15) is 14.7 Å². The van der Waals surface area contributed by atoms with E-state index in [2.05, 4.69) is 31.1 Å². The van der Waals surface area contributed by atoms with Crippen molar-refractivity contribution >= 4 is 23.3 Å². The largest absolute Gasteiger partial charge is 0.478 e. The molecule has 1 aromatic heterocycles. The molecule has 1 rings (SSSR count). The van der Waals surface area contributed by atoms with E-state index in [1.807, 2.05) is 5.38 Å². The number of carbonyl (C=O) groups is 2. The van der Waals surface area contributed by atoms with Gasteiger partial charge in [-0.05, 0) is 20.8 Å². The van der Waals surface area contributed by atoms with Crippen LogP contribution in [0.3, 0.4) is 0 Å².